The first-order chi connectivity index (χ1) is 6.06. The maximum atomic E-state index is 11.6. The second-order valence-corrected chi connectivity index (χ2v) is 4.16. The molecule has 3 heteroatoms. The number of nitrogens with one attached hydrogen (secondary N) is 1. The molecule has 0 radical (unpaired) electrons. The summed E-state index contributed by atoms with van der Waals surface area (Å²) < 4.78 is 0. The summed E-state index contributed by atoms with van der Waals surface area (Å²) in [5.74, 6) is 0.873. The van der Waals surface area contributed by atoms with Gasteiger partial charge in [-0.1, -0.05) is 13.8 Å². The fourth-order valence-electron chi connectivity index (χ4n) is 1.87. The number of rotatable bonds is 3. The summed E-state index contributed by atoms with van der Waals surface area (Å²) in [5.41, 5.74) is 0. The van der Waals surface area contributed by atoms with Gasteiger partial charge in [0.1, 0.15) is 0 Å². The number of hydrogen-bond donors (Lipinski definition) is 1. The first kappa shape index (κ1) is 10.5. The Hall–Kier alpha value is -0.570. The van der Waals surface area contributed by atoms with Crippen LogP contribution in [0.2, 0.25) is 0 Å². The van der Waals surface area contributed by atoms with Crippen molar-refractivity contribution in [1.82, 2.24) is 10.2 Å². The van der Waals surface area contributed by atoms with Gasteiger partial charge in [0.05, 0.1) is 12.2 Å². The molecule has 1 amide bonds. The Morgan fingerprint density at radius 1 is 1.54 bits per heavy atom. The summed E-state index contributed by atoms with van der Waals surface area (Å²) in [6, 6.07) is 0.00343. The summed E-state index contributed by atoms with van der Waals surface area (Å²) >= 11 is 0. The topological polar surface area (TPSA) is 32.3 Å². The summed E-state index contributed by atoms with van der Waals surface area (Å²) in [7, 11) is 0. The van der Waals surface area contributed by atoms with Crippen LogP contribution in [0.1, 0.15) is 34.1 Å². The minimum Gasteiger partial charge on any atom is -0.326 e. The molecule has 2 atom stereocenters. The minimum atomic E-state index is 0.00343. The van der Waals surface area contributed by atoms with E-state index < -0.39 is 0 Å². The van der Waals surface area contributed by atoms with Gasteiger partial charge in [-0.3, -0.25) is 10.1 Å². The van der Waals surface area contributed by atoms with Crippen molar-refractivity contribution in [3.05, 3.63) is 0 Å². The van der Waals surface area contributed by atoms with E-state index in [-0.39, 0.29) is 18.1 Å². The molecule has 0 aromatic rings. The molecule has 13 heavy (non-hydrogen) atoms. The molecule has 3 nitrogen and oxygen atoms in total. The van der Waals surface area contributed by atoms with Gasteiger partial charge in [0, 0.05) is 6.54 Å². The molecule has 1 aliphatic rings. The minimum absolute atomic E-state index is 0.00343. The van der Waals surface area contributed by atoms with Gasteiger partial charge in [-0.15, -0.1) is 0 Å². The van der Waals surface area contributed by atoms with E-state index in [1.54, 1.807) is 0 Å². The quantitative estimate of drug-likeness (QED) is 0.714. The Kier molecular flexibility index (Phi) is 3.31. The molecule has 0 aromatic heterocycles. The van der Waals surface area contributed by atoms with Crippen LogP contribution < -0.4 is 5.32 Å². The summed E-state index contributed by atoms with van der Waals surface area (Å²) in [6.07, 6.45) is 1.30. The molecule has 1 heterocycles. The van der Waals surface area contributed by atoms with Crippen LogP contribution in [0.5, 0.6) is 0 Å². The number of carbonyl (C=O) groups is 1. The molecule has 1 aliphatic heterocycles. The van der Waals surface area contributed by atoms with Crippen LogP contribution in [0.4, 0.5) is 0 Å². The van der Waals surface area contributed by atoms with Gasteiger partial charge in [0.2, 0.25) is 5.91 Å². The van der Waals surface area contributed by atoms with Crippen LogP contribution in [-0.4, -0.2) is 29.6 Å². The standard InChI is InChI=1S/C10H20N2O/c1-5-12-9(6-7(2)3)11-8(4)10(12)13/h7-9,11H,5-6H2,1-4H3. The van der Waals surface area contributed by atoms with E-state index in [4.69, 9.17) is 0 Å². The molecule has 1 N–H and O–H groups in total. The highest BCUT2D eigenvalue weighted by atomic mass is 16.2. The number of carbonyl (C=O) groups excluding carboxylic acids is 1. The third kappa shape index (κ3) is 2.21. The van der Waals surface area contributed by atoms with Gasteiger partial charge in [-0.2, -0.15) is 0 Å². The van der Waals surface area contributed by atoms with Crippen LogP contribution in [0, 0.1) is 5.92 Å². The summed E-state index contributed by atoms with van der Waals surface area (Å²) in [6.45, 7) is 9.15. The summed E-state index contributed by atoms with van der Waals surface area (Å²) in [5, 5.41) is 3.31. The van der Waals surface area contributed by atoms with Gasteiger partial charge in [-0.05, 0) is 26.2 Å². The van der Waals surface area contributed by atoms with E-state index in [1.807, 2.05) is 18.7 Å². The summed E-state index contributed by atoms with van der Waals surface area (Å²) in [4.78, 5) is 13.5. The zero-order valence-corrected chi connectivity index (χ0v) is 9.00. The SMILES string of the molecule is CCN1C(=O)C(C)NC1CC(C)C. The lowest BCUT2D eigenvalue weighted by atomic mass is 10.1. The molecule has 0 bridgehead atoms. The van der Waals surface area contributed by atoms with Crippen molar-refractivity contribution in [3.63, 3.8) is 0 Å². The molecule has 0 aromatic carbocycles. The van der Waals surface area contributed by atoms with Crippen molar-refractivity contribution in [3.8, 4) is 0 Å². The molecular weight excluding hydrogens is 164 g/mol. The third-order valence-corrected chi connectivity index (χ3v) is 2.51. The van der Waals surface area contributed by atoms with Crippen molar-refractivity contribution >= 4 is 5.91 Å². The van der Waals surface area contributed by atoms with E-state index in [0.29, 0.717) is 5.92 Å². The molecule has 1 fully saturated rings. The fraction of sp³-hybridized carbons (Fsp3) is 0.900. The van der Waals surface area contributed by atoms with Gasteiger partial charge in [0.25, 0.3) is 0 Å². The van der Waals surface area contributed by atoms with E-state index in [2.05, 4.69) is 19.2 Å². The van der Waals surface area contributed by atoms with Crippen LogP contribution >= 0.6 is 0 Å². The normalized spacial score (nSPS) is 29.0. The van der Waals surface area contributed by atoms with E-state index in [9.17, 15) is 4.79 Å². The van der Waals surface area contributed by atoms with Crippen molar-refractivity contribution in [2.45, 2.75) is 46.3 Å². The molecule has 76 valence electrons. The molecule has 1 saturated heterocycles. The largest absolute Gasteiger partial charge is 0.326 e. The number of nitrogens with zero attached hydrogens (tertiary/aromatic N) is 1. The number of amides is 1. The maximum absolute atomic E-state index is 11.6. The van der Waals surface area contributed by atoms with Crippen LogP contribution in [0.15, 0.2) is 0 Å². The van der Waals surface area contributed by atoms with Gasteiger partial charge in [0.15, 0.2) is 0 Å². The van der Waals surface area contributed by atoms with Crippen LogP contribution in [-0.2, 0) is 4.79 Å². The molecule has 1 rings (SSSR count). The molecular formula is C10H20N2O. The lowest BCUT2D eigenvalue weighted by molar-refractivity contribution is -0.129. The van der Waals surface area contributed by atoms with Gasteiger partial charge in [-0.25, -0.2) is 0 Å². The highest BCUT2D eigenvalue weighted by molar-refractivity contribution is 5.83. The lowest BCUT2D eigenvalue weighted by Crippen LogP contribution is -2.38. The van der Waals surface area contributed by atoms with Crippen molar-refractivity contribution in [2.24, 2.45) is 5.92 Å². The van der Waals surface area contributed by atoms with E-state index in [1.165, 1.54) is 0 Å². The predicted octanol–water partition coefficient (Wildman–Crippen LogP) is 1.20. The van der Waals surface area contributed by atoms with Crippen molar-refractivity contribution in [1.29, 1.82) is 0 Å². The van der Waals surface area contributed by atoms with Gasteiger partial charge < -0.3 is 4.90 Å². The highest BCUT2D eigenvalue weighted by Gasteiger charge is 2.34. The predicted molar refractivity (Wildman–Crippen MR) is 53.2 cm³/mol. The molecule has 2 unspecified atom stereocenters. The Morgan fingerprint density at radius 3 is 2.62 bits per heavy atom. The number of hydrogen-bond acceptors (Lipinski definition) is 2. The second-order valence-electron chi connectivity index (χ2n) is 4.16. The highest BCUT2D eigenvalue weighted by Crippen LogP contribution is 2.16. The van der Waals surface area contributed by atoms with Crippen LogP contribution in [0.25, 0.3) is 0 Å². The lowest BCUT2D eigenvalue weighted by Gasteiger charge is -2.23. The first-order valence-electron chi connectivity index (χ1n) is 5.12. The molecule has 0 spiro atoms. The third-order valence-electron chi connectivity index (χ3n) is 2.51. The fourth-order valence-corrected chi connectivity index (χ4v) is 1.87. The Balaban J connectivity index is 2.60. The van der Waals surface area contributed by atoms with E-state index in [0.717, 1.165) is 13.0 Å². The average molecular weight is 184 g/mol. The Morgan fingerprint density at radius 2 is 2.15 bits per heavy atom. The molecule has 0 saturated carbocycles. The zero-order valence-electron chi connectivity index (χ0n) is 9.00. The van der Waals surface area contributed by atoms with Gasteiger partial charge >= 0.3 is 0 Å². The first-order valence-corrected chi connectivity index (χ1v) is 5.12. The smallest absolute Gasteiger partial charge is 0.240 e. The zero-order chi connectivity index (χ0) is 10.0. The maximum Gasteiger partial charge on any atom is 0.240 e. The monoisotopic (exact) mass is 184 g/mol. The Labute approximate surface area is 80.5 Å². The van der Waals surface area contributed by atoms with Crippen molar-refractivity contribution < 1.29 is 4.79 Å². The van der Waals surface area contributed by atoms with Crippen molar-refractivity contribution in [2.75, 3.05) is 6.54 Å². The van der Waals surface area contributed by atoms with Crippen LogP contribution in [0.3, 0.4) is 0 Å². The van der Waals surface area contributed by atoms with E-state index >= 15 is 0 Å². The molecule has 0 aliphatic carbocycles. The number of likely N-dealkylation sites (N-methyl/N-ethyl adjacent to an activating group) is 1. The Bertz CT molecular complexity index is 191. The second kappa shape index (κ2) is 4.09. The average Bonchev–Trinajstić information content (AvgIpc) is 2.27.